The molecular weight excluding hydrogens is 222 g/mol. The number of anilines is 1. The fraction of sp³-hybridized carbons (Fsp3) is 0.636. The number of hydrogen-bond donors (Lipinski definition) is 0. The van der Waals surface area contributed by atoms with Crippen LogP contribution in [0.2, 0.25) is 0 Å². The van der Waals surface area contributed by atoms with E-state index in [0.29, 0.717) is 0 Å². The molecule has 0 aromatic carbocycles. The number of ether oxygens (including phenoxy) is 1. The maximum Gasteiger partial charge on any atom is 0.133 e. The van der Waals surface area contributed by atoms with E-state index in [9.17, 15) is 0 Å². The van der Waals surface area contributed by atoms with Gasteiger partial charge >= 0.3 is 0 Å². The summed E-state index contributed by atoms with van der Waals surface area (Å²) in [5, 5.41) is 1.01. The molecule has 88 valence electrons. The first-order valence-electron chi connectivity index (χ1n) is 5.45. The highest BCUT2D eigenvalue weighted by Crippen LogP contribution is 2.21. The van der Waals surface area contributed by atoms with E-state index in [1.165, 1.54) is 0 Å². The van der Waals surface area contributed by atoms with Gasteiger partial charge in [0.2, 0.25) is 0 Å². The van der Waals surface area contributed by atoms with Crippen molar-refractivity contribution in [2.75, 3.05) is 24.2 Å². The van der Waals surface area contributed by atoms with Gasteiger partial charge in [-0.2, -0.15) is 0 Å². The molecule has 0 aliphatic carbocycles. The molecule has 2 heterocycles. The van der Waals surface area contributed by atoms with E-state index >= 15 is 0 Å². The highest BCUT2D eigenvalue weighted by atomic mass is 32.2. The predicted molar refractivity (Wildman–Crippen MR) is 66.0 cm³/mol. The first-order chi connectivity index (χ1) is 7.69. The van der Waals surface area contributed by atoms with Crippen molar-refractivity contribution in [1.82, 2.24) is 9.97 Å². The monoisotopic (exact) mass is 239 g/mol. The summed E-state index contributed by atoms with van der Waals surface area (Å²) in [6.07, 6.45) is 4.18. The van der Waals surface area contributed by atoms with E-state index in [4.69, 9.17) is 4.74 Å². The van der Waals surface area contributed by atoms with Gasteiger partial charge in [0.15, 0.2) is 0 Å². The van der Waals surface area contributed by atoms with Crippen LogP contribution in [0.3, 0.4) is 0 Å². The van der Waals surface area contributed by atoms with Crippen LogP contribution >= 0.6 is 11.8 Å². The molecule has 0 amide bonds. The summed E-state index contributed by atoms with van der Waals surface area (Å²) >= 11 is 1.64. The Kier molecular flexibility index (Phi) is 3.66. The largest absolute Gasteiger partial charge is 0.372 e. The quantitative estimate of drug-likeness (QED) is 0.581. The van der Waals surface area contributed by atoms with Gasteiger partial charge in [0.05, 0.1) is 12.2 Å². The highest BCUT2D eigenvalue weighted by molar-refractivity contribution is 7.98. The molecule has 4 nitrogen and oxygen atoms in total. The Balaban J connectivity index is 2.16. The van der Waals surface area contributed by atoms with Crippen LogP contribution in [0.1, 0.15) is 13.8 Å². The molecule has 0 radical (unpaired) electrons. The summed E-state index contributed by atoms with van der Waals surface area (Å²) < 4.78 is 5.70. The van der Waals surface area contributed by atoms with Crippen molar-refractivity contribution in [3.63, 3.8) is 0 Å². The maximum absolute atomic E-state index is 5.70. The first kappa shape index (κ1) is 11.7. The van der Waals surface area contributed by atoms with Crippen LogP contribution in [0.5, 0.6) is 0 Å². The second kappa shape index (κ2) is 5.01. The number of nitrogens with zero attached hydrogens (tertiary/aromatic N) is 3. The third-order valence-corrected chi connectivity index (χ3v) is 3.22. The molecule has 2 atom stereocenters. The lowest BCUT2D eigenvalue weighted by Gasteiger charge is -2.36. The lowest BCUT2D eigenvalue weighted by Crippen LogP contribution is -2.45. The molecule has 16 heavy (non-hydrogen) atoms. The Morgan fingerprint density at radius 3 is 2.62 bits per heavy atom. The zero-order chi connectivity index (χ0) is 11.5. The molecule has 5 heteroatoms. The van der Waals surface area contributed by atoms with Gasteiger partial charge in [-0.15, -0.1) is 11.8 Å². The van der Waals surface area contributed by atoms with Crippen molar-refractivity contribution in [1.29, 1.82) is 0 Å². The van der Waals surface area contributed by atoms with E-state index in [1.54, 1.807) is 18.1 Å². The number of morpholine rings is 1. The molecule has 1 aromatic rings. The van der Waals surface area contributed by atoms with Gasteiger partial charge < -0.3 is 9.64 Å². The Bertz CT molecular complexity index is 351. The lowest BCUT2D eigenvalue weighted by molar-refractivity contribution is -0.00548. The van der Waals surface area contributed by atoms with Crippen LogP contribution in [0.15, 0.2) is 17.4 Å². The van der Waals surface area contributed by atoms with E-state index in [0.717, 1.165) is 23.9 Å². The standard InChI is InChI=1S/C11H17N3OS/c1-8-5-14(6-9(2)15-8)10-4-11(16-3)13-7-12-10/h4,7-9H,5-6H2,1-3H3. The molecule has 2 unspecified atom stereocenters. The number of thioether (sulfide) groups is 1. The van der Waals surface area contributed by atoms with Crippen LogP contribution in [-0.2, 0) is 4.74 Å². The van der Waals surface area contributed by atoms with Crippen LogP contribution < -0.4 is 4.90 Å². The van der Waals surface area contributed by atoms with Crippen molar-refractivity contribution in [2.24, 2.45) is 0 Å². The summed E-state index contributed by atoms with van der Waals surface area (Å²) in [5.74, 6) is 1.00. The molecule has 0 bridgehead atoms. The number of hydrogen-bond acceptors (Lipinski definition) is 5. The predicted octanol–water partition coefficient (Wildman–Crippen LogP) is 1.81. The molecule has 0 saturated carbocycles. The number of aromatic nitrogens is 2. The van der Waals surface area contributed by atoms with E-state index in [2.05, 4.69) is 28.7 Å². The van der Waals surface area contributed by atoms with Crippen molar-refractivity contribution in [2.45, 2.75) is 31.1 Å². The van der Waals surface area contributed by atoms with Crippen LogP contribution in [0.4, 0.5) is 5.82 Å². The minimum absolute atomic E-state index is 0.261. The van der Waals surface area contributed by atoms with Crippen molar-refractivity contribution >= 4 is 17.6 Å². The summed E-state index contributed by atoms with van der Waals surface area (Å²) in [6, 6.07) is 2.04. The average Bonchev–Trinajstić information content (AvgIpc) is 2.28. The fourth-order valence-corrected chi connectivity index (χ4v) is 2.36. The third kappa shape index (κ3) is 2.65. The zero-order valence-electron chi connectivity index (χ0n) is 9.88. The molecule has 0 N–H and O–H groups in total. The van der Waals surface area contributed by atoms with Gasteiger partial charge in [-0.25, -0.2) is 9.97 Å². The van der Waals surface area contributed by atoms with Crippen molar-refractivity contribution in [3.05, 3.63) is 12.4 Å². The Labute approximate surface area is 100 Å². The second-order valence-corrected chi connectivity index (χ2v) is 4.91. The van der Waals surface area contributed by atoms with Gasteiger partial charge in [0.1, 0.15) is 17.2 Å². The molecule has 1 aromatic heterocycles. The van der Waals surface area contributed by atoms with Gasteiger partial charge in [-0.1, -0.05) is 0 Å². The maximum atomic E-state index is 5.70. The Morgan fingerprint density at radius 1 is 1.31 bits per heavy atom. The smallest absolute Gasteiger partial charge is 0.133 e. The number of rotatable bonds is 2. The highest BCUT2D eigenvalue weighted by Gasteiger charge is 2.23. The fourth-order valence-electron chi connectivity index (χ4n) is 1.98. The summed E-state index contributed by atoms with van der Waals surface area (Å²) in [7, 11) is 0. The van der Waals surface area contributed by atoms with Crippen LogP contribution in [0, 0.1) is 0 Å². The second-order valence-electron chi connectivity index (χ2n) is 4.08. The van der Waals surface area contributed by atoms with E-state index in [-0.39, 0.29) is 12.2 Å². The Hall–Kier alpha value is -0.810. The minimum Gasteiger partial charge on any atom is -0.372 e. The SMILES string of the molecule is CSc1cc(N2CC(C)OC(C)C2)ncn1. The lowest BCUT2D eigenvalue weighted by atomic mass is 10.2. The topological polar surface area (TPSA) is 38.2 Å². The average molecular weight is 239 g/mol. The van der Waals surface area contributed by atoms with E-state index in [1.807, 2.05) is 12.3 Å². The summed E-state index contributed by atoms with van der Waals surface area (Å²) in [6.45, 7) is 5.99. The van der Waals surface area contributed by atoms with Crippen molar-refractivity contribution < 1.29 is 4.74 Å². The van der Waals surface area contributed by atoms with Gasteiger partial charge in [-0.3, -0.25) is 0 Å². The zero-order valence-corrected chi connectivity index (χ0v) is 10.7. The molecule has 2 rings (SSSR count). The third-order valence-electron chi connectivity index (χ3n) is 2.58. The summed E-state index contributed by atoms with van der Waals surface area (Å²) in [4.78, 5) is 10.8. The van der Waals surface area contributed by atoms with Gasteiger partial charge in [-0.05, 0) is 20.1 Å². The molecule has 1 aliphatic rings. The molecule has 0 spiro atoms. The van der Waals surface area contributed by atoms with Gasteiger partial charge in [0.25, 0.3) is 0 Å². The van der Waals surface area contributed by atoms with E-state index < -0.39 is 0 Å². The molecular formula is C11H17N3OS. The minimum atomic E-state index is 0.261. The summed E-state index contributed by atoms with van der Waals surface area (Å²) in [5.41, 5.74) is 0. The first-order valence-corrected chi connectivity index (χ1v) is 6.68. The molecule has 1 aliphatic heterocycles. The van der Waals surface area contributed by atoms with Gasteiger partial charge in [0, 0.05) is 19.2 Å². The normalized spacial score (nSPS) is 25.8. The molecule has 1 fully saturated rings. The Morgan fingerprint density at radius 2 is 2.00 bits per heavy atom. The molecule has 1 saturated heterocycles. The van der Waals surface area contributed by atoms with Crippen molar-refractivity contribution in [3.8, 4) is 0 Å². The van der Waals surface area contributed by atoms with Crippen LogP contribution in [0.25, 0.3) is 0 Å². The van der Waals surface area contributed by atoms with Crippen LogP contribution in [-0.4, -0.2) is 41.5 Å².